The van der Waals surface area contributed by atoms with E-state index in [0.717, 1.165) is 5.69 Å². The van der Waals surface area contributed by atoms with Gasteiger partial charge in [0.15, 0.2) is 0 Å². The van der Waals surface area contributed by atoms with E-state index in [0.29, 0.717) is 18.8 Å². The summed E-state index contributed by atoms with van der Waals surface area (Å²) in [6.07, 6.45) is 0. The number of carbonyl (C=O) groups is 1. The molecule has 0 fully saturated rings. The third-order valence-electron chi connectivity index (χ3n) is 2.14. The second-order valence-electron chi connectivity index (χ2n) is 3.14. The molecule has 0 radical (unpaired) electrons. The fourth-order valence-electron chi connectivity index (χ4n) is 1.60. The Balaban J connectivity index is 0.000000980. The largest absolute Gasteiger partial charge is 1.00 e. The molecule has 0 spiro atoms. The van der Waals surface area contributed by atoms with Crippen molar-refractivity contribution in [3.05, 3.63) is 17.5 Å². The van der Waals surface area contributed by atoms with Crippen LogP contribution in [0.5, 0.6) is 0 Å². The molecule has 0 aromatic carbocycles. The zero-order chi connectivity index (χ0) is 9.42. The van der Waals surface area contributed by atoms with Crippen molar-refractivity contribution in [3.63, 3.8) is 0 Å². The van der Waals surface area contributed by atoms with E-state index in [2.05, 4.69) is 10.4 Å². The molecule has 0 saturated carbocycles. The van der Waals surface area contributed by atoms with Crippen molar-refractivity contribution in [1.29, 1.82) is 0 Å². The van der Waals surface area contributed by atoms with E-state index in [4.69, 9.17) is 0 Å². The van der Waals surface area contributed by atoms with E-state index < -0.39 is 12.0 Å². The van der Waals surface area contributed by atoms with Crippen molar-refractivity contribution in [2.24, 2.45) is 0 Å². The molecule has 5 nitrogen and oxygen atoms in total. The molecule has 2 heterocycles. The fraction of sp³-hybridized carbons (Fsp3) is 0.500. The first-order chi connectivity index (χ1) is 6.18. The second-order valence-corrected chi connectivity index (χ2v) is 3.14. The van der Waals surface area contributed by atoms with Gasteiger partial charge in [-0.25, -0.2) is 0 Å². The minimum Gasteiger partial charge on any atom is -0.548 e. The van der Waals surface area contributed by atoms with E-state index in [1.807, 2.05) is 6.92 Å². The van der Waals surface area contributed by atoms with Crippen LogP contribution in [0.15, 0.2) is 6.07 Å². The van der Waals surface area contributed by atoms with E-state index in [9.17, 15) is 9.90 Å². The number of carboxylic acid groups (broad SMARTS) is 1. The fourth-order valence-corrected chi connectivity index (χ4v) is 1.60. The Bertz CT molecular complexity index is 350. The van der Waals surface area contributed by atoms with Crippen LogP contribution in [0.1, 0.15) is 17.4 Å². The maximum Gasteiger partial charge on any atom is 1.00 e. The zero-order valence-corrected chi connectivity index (χ0v) is 8.28. The number of nitrogens with one attached hydrogen (secondary N) is 1. The average molecular weight is 187 g/mol. The van der Waals surface area contributed by atoms with Gasteiger partial charge in [-0.05, 0) is 13.0 Å². The maximum atomic E-state index is 10.7. The second kappa shape index (κ2) is 4.18. The molecule has 0 aliphatic carbocycles. The maximum absolute atomic E-state index is 10.7. The molecular formula is C8H10LiN3O2. The zero-order valence-electron chi connectivity index (χ0n) is 8.28. The number of aromatic nitrogens is 2. The summed E-state index contributed by atoms with van der Waals surface area (Å²) < 4.78 is 1.71. The molecule has 0 amide bonds. The number of carbonyl (C=O) groups excluding carboxylic acids is 1. The molecule has 1 unspecified atom stereocenters. The summed E-state index contributed by atoms with van der Waals surface area (Å²) >= 11 is 0. The van der Waals surface area contributed by atoms with Crippen LogP contribution in [0.3, 0.4) is 0 Å². The van der Waals surface area contributed by atoms with Gasteiger partial charge < -0.3 is 15.2 Å². The van der Waals surface area contributed by atoms with Crippen LogP contribution in [0, 0.1) is 6.92 Å². The standard InChI is InChI=1S/C8H11N3O2.Li/c1-5-4-6-7(8(12)13)9-2-3-11(6)10-5;/h4,7,9H,2-3H2,1H3,(H,12,13);/q;+1/p-1. The normalized spacial score (nSPS) is 19.6. The Hall–Kier alpha value is -0.763. The van der Waals surface area contributed by atoms with Crippen molar-refractivity contribution in [1.82, 2.24) is 15.1 Å². The quantitative estimate of drug-likeness (QED) is 0.450. The minimum atomic E-state index is -1.10. The van der Waals surface area contributed by atoms with Gasteiger partial charge in [-0.15, -0.1) is 0 Å². The van der Waals surface area contributed by atoms with Gasteiger partial charge in [0.1, 0.15) is 0 Å². The summed E-state index contributed by atoms with van der Waals surface area (Å²) in [4.78, 5) is 10.7. The van der Waals surface area contributed by atoms with Crippen LogP contribution < -0.4 is 29.3 Å². The van der Waals surface area contributed by atoms with Gasteiger partial charge in [-0.1, -0.05) is 0 Å². The molecule has 0 bridgehead atoms. The number of hydrogen-bond acceptors (Lipinski definition) is 4. The molecule has 1 aromatic heterocycles. The molecule has 1 aromatic rings. The Morgan fingerprint density at radius 2 is 2.50 bits per heavy atom. The molecule has 1 atom stereocenters. The van der Waals surface area contributed by atoms with Crippen LogP contribution in [0.25, 0.3) is 0 Å². The van der Waals surface area contributed by atoms with Crippen molar-refractivity contribution >= 4 is 5.97 Å². The number of rotatable bonds is 1. The molecular weight excluding hydrogens is 177 g/mol. The van der Waals surface area contributed by atoms with Crippen molar-refractivity contribution in [2.75, 3.05) is 6.54 Å². The average Bonchev–Trinajstić information content (AvgIpc) is 2.43. The Morgan fingerprint density at radius 1 is 1.79 bits per heavy atom. The summed E-state index contributed by atoms with van der Waals surface area (Å²) in [5.41, 5.74) is 1.52. The molecule has 1 N–H and O–H groups in total. The van der Waals surface area contributed by atoms with Crippen LogP contribution in [0.4, 0.5) is 0 Å². The monoisotopic (exact) mass is 187 g/mol. The molecule has 14 heavy (non-hydrogen) atoms. The van der Waals surface area contributed by atoms with E-state index in [-0.39, 0.29) is 18.9 Å². The van der Waals surface area contributed by atoms with E-state index in [1.165, 1.54) is 0 Å². The van der Waals surface area contributed by atoms with Gasteiger partial charge in [0.2, 0.25) is 0 Å². The molecule has 2 rings (SSSR count). The minimum absolute atomic E-state index is 0. The number of fused-ring (bicyclic) bond motifs is 1. The topological polar surface area (TPSA) is 70.0 Å². The number of aryl methyl sites for hydroxylation is 1. The van der Waals surface area contributed by atoms with Gasteiger partial charge in [0.05, 0.1) is 29.9 Å². The smallest absolute Gasteiger partial charge is 0.548 e. The first-order valence-corrected chi connectivity index (χ1v) is 4.17. The molecule has 1 aliphatic heterocycles. The first-order valence-electron chi connectivity index (χ1n) is 4.17. The number of nitrogens with zero attached hydrogens (tertiary/aromatic N) is 2. The number of aliphatic carboxylic acids is 1. The number of carboxylic acids is 1. The predicted molar refractivity (Wildman–Crippen MR) is 42.7 cm³/mol. The third-order valence-corrected chi connectivity index (χ3v) is 2.14. The molecule has 0 saturated heterocycles. The van der Waals surface area contributed by atoms with E-state index >= 15 is 0 Å². The summed E-state index contributed by atoms with van der Waals surface area (Å²) in [7, 11) is 0. The van der Waals surface area contributed by atoms with Gasteiger partial charge >= 0.3 is 18.9 Å². The molecule has 1 aliphatic rings. The van der Waals surface area contributed by atoms with Crippen LogP contribution in [0.2, 0.25) is 0 Å². The summed E-state index contributed by atoms with van der Waals surface area (Å²) in [5, 5.41) is 17.7. The van der Waals surface area contributed by atoms with Gasteiger partial charge in [-0.3, -0.25) is 4.68 Å². The van der Waals surface area contributed by atoms with Crippen molar-refractivity contribution < 1.29 is 28.8 Å². The summed E-state index contributed by atoms with van der Waals surface area (Å²) in [6.45, 7) is 3.18. The SMILES string of the molecule is Cc1cc2n(n1)CCNC2C(=O)[O-].[Li+]. The van der Waals surface area contributed by atoms with Crippen molar-refractivity contribution in [3.8, 4) is 0 Å². The third kappa shape index (κ3) is 1.85. The Kier molecular flexibility index (Phi) is 3.37. The van der Waals surface area contributed by atoms with Crippen LogP contribution >= 0.6 is 0 Å². The van der Waals surface area contributed by atoms with Gasteiger partial charge in [0.25, 0.3) is 0 Å². The molecule has 6 heteroatoms. The van der Waals surface area contributed by atoms with Crippen LogP contribution in [-0.2, 0) is 11.3 Å². The Morgan fingerprint density at radius 3 is 3.14 bits per heavy atom. The Labute approximate surface area is 93.7 Å². The van der Waals surface area contributed by atoms with Gasteiger partial charge in [0, 0.05) is 6.54 Å². The summed E-state index contributed by atoms with van der Waals surface area (Å²) in [5.74, 6) is -1.10. The summed E-state index contributed by atoms with van der Waals surface area (Å²) in [6, 6.07) is 1.06. The predicted octanol–water partition coefficient (Wildman–Crippen LogP) is -4.41. The number of hydrogen-bond donors (Lipinski definition) is 1. The molecule has 70 valence electrons. The van der Waals surface area contributed by atoms with Crippen LogP contribution in [-0.4, -0.2) is 22.3 Å². The first kappa shape index (κ1) is 11.3. The van der Waals surface area contributed by atoms with Gasteiger partial charge in [-0.2, -0.15) is 5.10 Å². The van der Waals surface area contributed by atoms with E-state index in [1.54, 1.807) is 10.7 Å². The van der Waals surface area contributed by atoms with Crippen molar-refractivity contribution in [2.45, 2.75) is 19.5 Å².